The van der Waals surface area contributed by atoms with Crippen molar-refractivity contribution in [3.63, 3.8) is 0 Å². The van der Waals surface area contributed by atoms with Gasteiger partial charge in [0.2, 0.25) is 0 Å². The fraction of sp³-hybridized carbons (Fsp3) is 0.481. The van der Waals surface area contributed by atoms with Crippen LogP contribution < -0.4 is 5.48 Å². The predicted octanol–water partition coefficient (Wildman–Crippen LogP) is 6.83. The molecule has 1 amide bonds. The zero-order valence-corrected chi connectivity index (χ0v) is 21.7. The quantitative estimate of drug-likeness (QED) is 0.354. The number of amides is 1. The van der Waals surface area contributed by atoms with Crippen LogP contribution in [-0.2, 0) is 32.0 Å². The minimum absolute atomic E-state index is 0.152. The molecule has 2 aromatic carbocycles. The van der Waals surface area contributed by atoms with E-state index in [2.05, 4.69) is 62.6 Å². The second-order valence-electron chi connectivity index (χ2n) is 10.2. The van der Waals surface area contributed by atoms with Crippen LogP contribution >= 0.6 is 11.8 Å². The number of nitrogens with one attached hydrogen (secondary N) is 1. The van der Waals surface area contributed by atoms with Crippen molar-refractivity contribution in [2.75, 3.05) is 0 Å². The fourth-order valence-electron chi connectivity index (χ4n) is 3.18. The smallest absolute Gasteiger partial charge is 0.441 e. The zero-order chi connectivity index (χ0) is 24.6. The molecule has 6 heteroatoms. The Morgan fingerprint density at radius 1 is 0.970 bits per heavy atom. The highest BCUT2D eigenvalue weighted by Gasteiger charge is 2.22. The van der Waals surface area contributed by atoms with Crippen LogP contribution in [0.4, 0.5) is 4.79 Å². The number of hydroxylamine groups is 1. The standard InChI is InChI=1S/C27H37NO4S/c1-8-21(24(29)32-28-25(30)31-27(5,6)7)16-20-10-9-11-23(17-20)33-18-19-12-14-22(15-13-19)26(2,3)4/h9-15,17,21H,8,16,18H2,1-7H3,(H,28,30)/t21-/m0/s1. The molecule has 0 bridgehead atoms. The van der Waals surface area contributed by atoms with Crippen LogP contribution in [0.5, 0.6) is 0 Å². The van der Waals surface area contributed by atoms with Gasteiger partial charge in [-0.3, -0.25) is 0 Å². The molecule has 1 atom stereocenters. The second kappa shape index (κ2) is 11.6. The van der Waals surface area contributed by atoms with E-state index in [1.807, 2.05) is 19.1 Å². The van der Waals surface area contributed by atoms with Crippen molar-refractivity contribution in [3.05, 3.63) is 65.2 Å². The van der Waals surface area contributed by atoms with Gasteiger partial charge in [-0.25, -0.2) is 9.59 Å². The van der Waals surface area contributed by atoms with E-state index in [-0.39, 0.29) is 11.3 Å². The zero-order valence-electron chi connectivity index (χ0n) is 20.9. The SMILES string of the molecule is CC[C@@H](Cc1cccc(SCc2ccc(C(C)(C)C)cc2)c1)C(=O)ONC(=O)OC(C)(C)C. The Balaban J connectivity index is 1.91. The van der Waals surface area contributed by atoms with Crippen molar-refractivity contribution < 1.29 is 19.2 Å². The van der Waals surface area contributed by atoms with Crippen molar-refractivity contribution in [1.82, 2.24) is 5.48 Å². The summed E-state index contributed by atoms with van der Waals surface area (Å²) in [5.41, 5.74) is 5.25. The molecule has 2 aromatic rings. The molecular formula is C27H37NO4S. The maximum absolute atomic E-state index is 12.4. The van der Waals surface area contributed by atoms with Crippen LogP contribution in [0, 0.1) is 5.92 Å². The topological polar surface area (TPSA) is 64.6 Å². The van der Waals surface area contributed by atoms with E-state index in [0.717, 1.165) is 16.2 Å². The monoisotopic (exact) mass is 471 g/mol. The molecule has 0 heterocycles. The number of hydrogen-bond donors (Lipinski definition) is 1. The first-order chi connectivity index (χ1) is 15.4. The molecule has 2 rings (SSSR count). The lowest BCUT2D eigenvalue weighted by molar-refractivity contribution is -0.155. The van der Waals surface area contributed by atoms with Gasteiger partial charge in [0.05, 0.1) is 5.92 Å². The Morgan fingerprint density at radius 2 is 1.64 bits per heavy atom. The largest absolute Gasteiger partial charge is 0.442 e. The minimum Gasteiger partial charge on any atom is -0.442 e. The molecule has 0 saturated carbocycles. The average Bonchev–Trinajstić information content (AvgIpc) is 2.73. The number of ether oxygens (including phenoxy) is 1. The van der Waals surface area contributed by atoms with Crippen molar-refractivity contribution in [2.24, 2.45) is 5.92 Å². The summed E-state index contributed by atoms with van der Waals surface area (Å²) < 4.78 is 5.09. The Kier molecular flexibility index (Phi) is 9.41. The molecule has 1 N–H and O–H groups in total. The summed E-state index contributed by atoms with van der Waals surface area (Å²) in [4.78, 5) is 30.3. The highest BCUT2D eigenvalue weighted by atomic mass is 32.2. The fourth-order valence-corrected chi connectivity index (χ4v) is 4.12. The molecule has 0 unspecified atom stereocenters. The molecule has 0 radical (unpaired) electrons. The summed E-state index contributed by atoms with van der Waals surface area (Å²) in [6.45, 7) is 13.8. The third-order valence-corrected chi connectivity index (χ3v) is 6.13. The summed E-state index contributed by atoms with van der Waals surface area (Å²) in [6.07, 6.45) is 0.367. The van der Waals surface area contributed by atoms with Gasteiger partial charge in [0, 0.05) is 10.6 Å². The van der Waals surface area contributed by atoms with Crippen LogP contribution in [0.3, 0.4) is 0 Å². The van der Waals surface area contributed by atoms with E-state index in [0.29, 0.717) is 12.8 Å². The molecule has 0 aliphatic carbocycles. The lowest BCUT2D eigenvalue weighted by Gasteiger charge is -2.20. The van der Waals surface area contributed by atoms with E-state index in [9.17, 15) is 9.59 Å². The number of rotatable bonds is 7. The molecule has 33 heavy (non-hydrogen) atoms. The first-order valence-electron chi connectivity index (χ1n) is 11.4. The van der Waals surface area contributed by atoms with Gasteiger partial charge in [-0.1, -0.05) is 64.1 Å². The lowest BCUT2D eigenvalue weighted by atomic mass is 9.87. The maximum Gasteiger partial charge on any atom is 0.441 e. The summed E-state index contributed by atoms with van der Waals surface area (Å²) in [7, 11) is 0. The highest BCUT2D eigenvalue weighted by molar-refractivity contribution is 7.98. The Morgan fingerprint density at radius 3 is 2.21 bits per heavy atom. The van der Waals surface area contributed by atoms with Crippen molar-refractivity contribution in [3.8, 4) is 0 Å². The second-order valence-corrected chi connectivity index (χ2v) is 11.3. The van der Waals surface area contributed by atoms with Gasteiger partial charge in [-0.15, -0.1) is 17.2 Å². The van der Waals surface area contributed by atoms with Gasteiger partial charge in [0.1, 0.15) is 5.60 Å². The summed E-state index contributed by atoms with van der Waals surface area (Å²) in [6, 6.07) is 17.0. The van der Waals surface area contributed by atoms with E-state index in [1.165, 1.54) is 11.1 Å². The molecule has 0 aliphatic heterocycles. The van der Waals surface area contributed by atoms with Crippen LogP contribution in [-0.4, -0.2) is 17.7 Å². The number of benzene rings is 2. The third kappa shape index (κ3) is 9.50. The van der Waals surface area contributed by atoms with Crippen molar-refractivity contribution in [2.45, 2.75) is 83.0 Å². The maximum atomic E-state index is 12.4. The highest BCUT2D eigenvalue weighted by Crippen LogP contribution is 2.27. The van der Waals surface area contributed by atoms with Gasteiger partial charge in [-0.05, 0) is 67.9 Å². The predicted molar refractivity (Wildman–Crippen MR) is 134 cm³/mol. The molecule has 180 valence electrons. The summed E-state index contributed by atoms with van der Waals surface area (Å²) in [5, 5.41) is 0. The van der Waals surface area contributed by atoms with Crippen molar-refractivity contribution in [1.29, 1.82) is 0 Å². The van der Waals surface area contributed by atoms with Gasteiger partial charge in [-0.2, -0.15) is 0 Å². The molecule has 0 saturated heterocycles. The molecular weight excluding hydrogens is 434 g/mol. The average molecular weight is 472 g/mol. The van der Waals surface area contributed by atoms with E-state index < -0.39 is 17.7 Å². The molecule has 0 fully saturated rings. The van der Waals surface area contributed by atoms with Gasteiger partial charge >= 0.3 is 12.1 Å². The number of carbonyl (C=O) groups excluding carboxylic acids is 2. The first kappa shape index (κ1) is 26.8. The van der Waals surface area contributed by atoms with E-state index in [1.54, 1.807) is 32.5 Å². The minimum atomic E-state index is -0.778. The number of hydrogen-bond acceptors (Lipinski definition) is 5. The Hall–Kier alpha value is -2.47. The Bertz CT molecular complexity index is 926. The third-order valence-electron chi connectivity index (χ3n) is 5.07. The molecule has 5 nitrogen and oxygen atoms in total. The van der Waals surface area contributed by atoms with Crippen LogP contribution in [0.15, 0.2) is 53.4 Å². The Labute approximate surface area is 202 Å². The number of carbonyl (C=O) groups is 2. The summed E-state index contributed by atoms with van der Waals surface area (Å²) >= 11 is 1.77. The molecule has 0 aliphatic rings. The van der Waals surface area contributed by atoms with E-state index in [4.69, 9.17) is 9.57 Å². The van der Waals surface area contributed by atoms with Gasteiger partial charge in [0.15, 0.2) is 0 Å². The normalized spacial score (nSPS) is 12.7. The van der Waals surface area contributed by atoms with Crippen molar-refractivity contribution >= 4 is 23.8 Å². The first-order valence-corrected chi connectivity index (χ1v) is 12.4. The van der Waals surface area contributed by atoms with Crippen LogP contribution in [0.1, 0.15) is 71.6 Å². The number of thioether (sulfide) groups is 1. The van der Waals surface area contributed by atoms with Crippen LogP contribution in [0.2, 0.25) is 0 Å². The van der Waals surface area contributed by atoms with E-state index >= 15 is 0 Å². The molecule has 0 aromatic heterocycles. The summed E-state index contributed by atoms with van der Waals surface area (Å²) in [5.74, 6) is 0.0536. The van der Waals surface area contributed by atoms with Gasteiger partial charge in [0.25, 0.3) is 0 Å². The molecule has 0 spiro atoms. The van der Waals surface area contributed by atoms with Gasteiger partial charge < -0.3 is 9.57 Å². The lowest BCUT2D eigenvalue weighted by Crippen LogP contribution is -2.35. The van der Waals surface area contributed by atoms with Crippen LogP contribution in [0.25, 0.3) is 0 Å².